The molecule has 4 rings (SSSR count). The number of halogens is 1. The number of thiazole rings is 1. The fraction of sp³-hybridized carbons (Fsp3) is 0.0588. The molecule has 0 spiro atoms. The summed E-state index contributed by atoms with van der Waals surface area (Å²) >= 11 is 1.54. The molecule has 0 saturated heterocycles. The van der Waals surface area contributed by atoms with E-state index in [9.17, 15) is 9.18 Å². The van der Waals surface area contributed by atoms with Gasteiger partial charge in [-0.1, -0.05) is 12.1 Å². The molecule has 0 saturated carbocycles. The van der Waals surface area contributed by atoms with Gasteiger partial charge in [-0.25, -0.2) is 9.37 Å². The zero-order chi connectivity index (χ0) is 15.3. The maximum atomic E-state index is 14.0. The van der Waals surface area contributed by atoms with Gasteiger partial charge in [0.05, 0.1) is 16.4 Å². The predicted octanol–water partition coefficient (Wildman–Crippen LogP) is 3.95. The first-order chi connectivity index (χ1) is 10.7. The van der Waals surface area contributed by atoms with Gasteiger partial charge in [-0.3, -0.25) is 4.79 Å². The van der Waals surface area contributed by atoms with Gasteiger partial charge >= 0.3 is 0 Å². The van der Waals surface area contributed by atoms with Crippen molar-refractivity contribution in [3.05, 3.63) is 64.0 Å². The fourth-order valence-corrected chi connectivity index (χ4v) is 3.42. The van der Waals surface area contributed by atoms with Crippen LogP contribution in [-0.2, 0) is 7.05 Å². The van der Waals surface area contributed by atoms with Gasteiger partial charge in [0.1, 0.15) is 10.8 Å². The van der Waals surface area contributed by atoms with Crippen molar-refractivity contribution < 1.29 is 4.39 Å². The summed E-state index contributed by atoms with van der Waals surface area (Å²) in [6.45, 7) is 0. The highest BCUT2D eigenvalue weighted by atomic mass is 32.1. The second-order valence-electron chi connectivity index (χ2n) is 5.09. The molecule has 0 N–H and O–H groups in total. The predicted molar refractivity (Wildman–Crippen MR) is 87.8 cm³/mol. The molecule has 0 aliphatic heterocycles. The third-order valence-corrected chi connectivity index (χ3v) is 4.69. The molecule has 0 bridgehead atoms. The molecule has 3 nitrogen and oxygen atoms in total. The summed E-state index contributed by atoms with van der Waals surface area (Å²) < 4.78 is 15.9. The van der Waals surface area contributed by atoms with Crippen molar-refractivity contribution in [3.63, 3.8) is 0 Å². The second kappa shape index (κ2) is 4.74. The highest BCUT2D eigenvalue weighted by molar-refractivity contribution is 7.13. The highest BCUT2D eigenvalue weighted by Gasteiger charge is 2.13. The Bertz CT molecular complexity index is 1070. The maximum Gasteiger partial charge on any atom is 0.200 e. The monoisotopic (exact) mass is 310 g/mol. The van der Waals surface area contributed by atoms with Crippen molar-refractivity contribution in [2.45, 2.75) is 0 Å². The molecule has 2 heterocycles. The van der Waals surface area contributed by atoms with Gasteiger partial charge in [0, 0.05) is 29.6 Å². The summed E-state index contributed by atoms with van der Waals surface area (Å²) in [6, 6.07) is 10.2. The Morgan fingerprint density at radius 2 is 2.05 bits per heavy atom. The first-order valence-electron chi connectivity index (χ1n) is 6.77. The van der Waals surface area contributed by atoms with Crippen molar-refractivity contribution in [1.82, 2.24) is 9.55 Å². The van der Waals surface area contributed by atoms with E-state index in [0.717, 1.165) is 16.1 Å². The van der Waals surface area contributed by atoms with Crippen LogP contribution in [0.3, 0.4) is 0 Å². The Morgan fingerprint density at radius 3 is 2.82 bits per heavy atom. The van der Waals surface area contributed by atoms with Crippen LogP contribution >= 0.6 is 11.3 Å². The molecule has 108 valence electrons. The van der Waals surface area contributed by atoms with Crippen molar-refractivity contribution in [2.24, 2.45) is 7.05 Å². The van der Waals surface area contributed by atoms with E-state index < -0.39 is 5.82 Å². The lowest BCUT2D eigenvalue weighted by atomic mass is 10.1. The molecule has 2 aromatic heterocycles. The van der Waals surface area contributed by atoms with E-state index in [0.29, 0.717) is 10.9 Å². The Kier molecular flexibility index (Phi) is 2.84. The number of aromatic nitrogens is 2. The number of fused-ring (bicyclic) bond motifs is 2. The Hall–Kier alpha value is -2.53. The van der Waals surface area contributed by atoms with Crippen LogP contribution in [0.4, 0.5) is 4.39 Å². The number of hydrogen-bond acceptors (Lipinski definition) is 3. The molecule has 5 heteroatoms. The minimum absolute atomic E-state index is 0.138. The minimum Gasteiger partial charge on any atom is -0.343 e. The molecule has 0 atom stereocenters. The van der Waals surface area contributed by atoms with Gasteiger partial charge in [-0.05, 0) is 24.3 Å². The van der Waals surface area contributed by atoms with Crippen LogP contribution in [-0.4, -0.2) is 9.55 Å². The molecule has 0 aliphatic carbocycles. The molecular formula is C17H11FN2OS. The lowest BCUT2D eigenvalue weighted by Crippen LogP contribution is -2.10. The van der Waals surface area contributed by atoms with Gasteiger partial charge in [-0.2, -0.15) is 0 Å². The molecular weight excluding hydrogens is 299 g/mol. The average molecular weight is 310 g/mol. The summed E-state index contributed by atoms with van der Waals surface area (Å²) in [5, 5.41) is 3.46. The molecule has 22 heavy (non-hydrogen) atoms. The number of benzene rings is 2. The second-order valence-corrected chi connectivity index (χ2v) is 5.99. The number of nitrogens with zero attached hydrogens (tertiary/aromatic N) is 2. The molecule has 4 aromatic rings. The smallest absolute Gasteiger partial charge is 0.200 e. The maximum absolute atomic E-state index is 14.0. The third-order valence-electron chi connectivity index (χ3n) is 3.86. The zero-order valence-electron chi connectivity index (χ0n) is 11.7. The third kappa shape index (κ3) is 1.79. The van der Waals surface area contributed by atoms with Crippen LogP contribution in [0.15, 0.2) is 52.8 Å². The quantitative estimate of drug-likeness (QED) is 0.499. The van der Waals surface area contributed by atoms with Crippen LogP contribution in [0.25, 0.3) is 32.4 Å². The van der Waals surface area contributed by atoms with E-state index >= 15 is 0 Å². The Balaban J connectivity index is 2.16. The number of pyridine rings is 1. The molecule has 2 aromatic carbocycles. The molecule has 0 unspecified atom stereocenters. The topological polar surface area (TPSA) is 34.9 Å². The number of aryl methyl sites for hydroxylation is 1. The van der Waals surface area contributed by atoms with Crippen LogP contribution < -0.4 is 5.43 Å². The summed E-state index contributed by atoms with van der Waals surface area (Å²) in [4.78, 5) is 16.9. The van der Waals surface area contributed by atoms with E-state index in [1.54, 1.807) is 35.7 Å². The zero-order valence-corrected chi connectivity index (χ0v) is 12.5. The molecule has 0 aliphatic rings. The van der Waals surface area contributed by atoms with E-state index in [-0.39, 0.29) is 10.8 Å². The normalized spacial score (nSPS) is 11.4. The van der Waals surface area contributed by atoms with Crippen molar-refractivity contribution in [2.75, 3.05) is 0 Å². The summed E-state index contributed by atoms with van der Waals surface area (Å²) in [7, 11) is 1.84. The fourth-order valence-electron chi connectivity index (χ4n) is 2.78. The van der Waals surface area contributed by atoms with Crippen LogP contribution in [0.2, 0.25) is 0 Å². The molecule has 0 radical (unpaired) electrons. The van der Waals surface area contributed by atoms with Crippen molar-refractivity contribution >= 4 is 33.1 Å². The Morgan fingerprint density at radius 1 is 1.18 bits per heavy atom. The first kappa shape index (κ1) is 13.2. The van der Waals surface area contributed by atoms with E-state index in [2.05, 4.69) is 4.98 Å². The lowest BCUT2D eigenvalue weighted by molar-refractivity contribution is 0.638. The van der Waals surface area contributed by atoms with Gasteiger partial charge in [0.25, 0.3) is 0 Å². The lowest BCUT2D eigenvalue weighted by Gasteiger charge is -2.11. The summed E-state index contributed by atoms with van der Waals surface area (Å²) in [6.07, 6.45) is 1.75. The average Bonchev–Trinajstić information content (AvgIpc) is 3.06. The van der Waals surface area contributed by atoms with Gasteiger partial charge in [0.15, 0.2) is 5.43 Å². The van der Waals surface area contributed by atoms with Crippen LogP contribution in [0.5, 0.6) is 0 Å². The summed E-state index contributed by atoms with van der Waals surface area (Å²) in [5.41, 5.74) is 2.05. The van der Waals surface area contributed by atoms with Gasteiger partial charge < -0.3 is 4.57 Å². The van der Waals surface area contributed by atoms with E-state index in [1.807, 2.05) is 29.1 Å². The molecule has 0 fully saturated rings. The van der Waals surface area contributed by atoms with E-state index in [1.165, 1.54) is 6.07 Å². The van der Waals surface area contributed by atoms with Gasteiger partial charge in [0.2, 0.25) is 0 Å². The number of rotatable bonds is 1. The number of hydrogen-bond donors (Lipinski definition) is 0. The van der Waals surface area contributed by atoms with Crippen molar-refractivity contribution in [1.29, 1.82) is 0 Å². The SMILES string of the molecule is Cn1c2cc(-c3nccs3)ccc2c(=O)c2c(F)cccc21. The molecule has 0 amide bonds. The van der Waals surface area contributed by atoms with Crippen molar-refractivity contribution in [3.8, 4) is 10.6 Å². The standard InChI is InChI=1S/C17H11FN2OS/c1-20-13-4-2-3-12(18)15(13)16(21)11-6-5-10(9-14(11)20)17-19-7-8-22-17/h2-9H,1H3. The Labute approximate surface area is 129 Å². The highest BCUT2D eigenvalue weighted by Crippen LogP contribution is 2.27. The van der Waals surface area contributed by atoms with E-state index in [4.69, 9.17) is 0 Å². The van der Waals surface area contributed by atoms with Gasteiger partial charge in [-0.15, -0.1) is 11.3 Å². The first-order valence-corrected chi connectivity index (χ1v) is 7.65. The minimum atomic E-state index is -0.482. The van der Waals surface area contributed by atoms with Crippen LogP contribution in [0, 0.1) is 5.82 Å². The largest absolute Gasteiger partial charge is 0.343 e. The summed E-state index contributed by atoms with van der Waals surface area (Å²) in [5.74, 6) is -0.482. The van der Waals surface area contributed by atoms with Crippen LogP contribution in [0.1, 0.15) is 0 Å².